The molecular formula is C15H17ClN4O. The van der Waals surface area contributed by atoms with Crippen LogP contribution in [0.1, 0.15) is 10.5 Å². The van der Waals surface area contributed by atoms with Crippen LogP contribution in [0.25, 0.3) is 10.8 Å². The molecule has 1 aliphatic heterocycles. The molecule has 1 N–H and O–H groups in total. The molecule has 1 aliphatic rings. The number of nitrogens with zero attached hydrogens (tertiary/aromatic N) is 3. The first-order valence-corrected chi connectivity index (χ1v) is 7.31. The predicted molar refractivity (Wildman–Crippen MR) is 83.3 cm³/mol. The number of halogens is 1. The summed E-state index contributed by atoms with van der Waals surface area (Å²) in [5.41, 5.74) is 3.24. The van der Waals surface area contributed by atoms with E-state index in [0.29, 0.717) is 10.8 Å². The minimum Gasteiger partial charge on any atom is -0.304 e. The Hall–Kier alpha value is -1.69. The maximum absolute atomic E-state index is 12.3. The van der Waals surface area contributed by atoms with E-state index in [1.165, 1.54) is 0 Å². The van der Waals surface area contributed by atoms with Gasteiger partial charge in [-0.25, -0.2) is 9.99 Å². The highest BCUT2D eigenvalue weighted by molar-refractivity contribution is 6.34. The van der Waals surface area contributed by atoms with Gasteiger partial charge in [-0.1, -0.05) is 35.9 Å². The third kappa shape index (κ3) is 3.15. The topological polar surface area (TPSA) is 48.5 Å². The lowest BCUT2D eigenvalue weighted by molar-refractivity contribution is 0.0658. The van der Waals surface area contributed by atoms with Gasteiger partial charge in [-0.15, -0.1) is 0 Å². The van der Waals surface area contributed by atoms with Crippen molar-refractivity contribution in [1.29, 1.82) is 0 Å². The predicted octanol–water partition coefficient (Wildman–Crippen LogP) is 1.78. The van der Waals surface area contributed by atoms with Gasteiger partial charge in [-0.05, 0) is 18.5 Å². The van der Waals surface area contributed by atoms with Gasteiger partial charge in [0, 0.05) is 31.6 Å². The number of benzene rings is 1. The minimum absolute atomic E-state index is 0.216. The number of pyridine rings is 1. The quantitative estimate of drug-likeness (QED) is 0.859. The van der Waals surface area contributed by atoms with E-state index in [1.807, 2.05) is 29.3 Å². The van der Waals surface area contributed by atoms with Gasteiger partial charge in [-0.2, -0.15) is 0 Å². The monoisotopic (exact) mass is 304 g/mol. The molecule has 21 heavy (non-hydrogen) atoms. The van der Waals surface area contributed by atoms with Gasteiger partial charge in [-0.3, -0.25) is 10.2 Å². The molecule has 1 saturated heterocycles. The van der Waals surface area contributed by atoms with Crippen LogP contribution in [-0.4, -0.2) is 54.0 Å². The molecule has 0 unspecified atom stereocenters. The van der Waals surface area contributed by atoms with E-state index in [0.717, 1.165) is 37.0 Å². The Morgan fingerprint density at radius 3 is 2.71 bits per heavy atom. The molecule has 1 fully saturated rings. The average molecular weight is 305 g/mol. The fourth-order valence-corrected chi connectivity index (χ4v) is 2.65. The van der Waals surface area contributed by atoms with Crippen LogP contribution in [0.2, 0.25) is 5.15 Å². The smallest absolute Gasteiger partial charge is 0.284 e. The molecular weight excluding hydrogens is 288 g/mol. The summed E-state index contributed by atoms with van der Waals surface area (Å²) in [7, 11) is 2.07. The number of carbonyl (C=O) groups is 1. The molecule has 1 aromatic heterocycles. The molecule has 3 rings (SSSR count). The van der Waals surface area contributed by atoms with Crippen molar-refractivity contribution < 1.29 is 4.79 Å². The molecule has 6 heteroatoms. The van der Waals surface area contributed by atoms with Crippen LogP contribution in [0.4, 0.5) is 0 Å². The SMILES string of the molecule is CN1CCN(NC(=O)c2cc3ccccc3c(Cl)n2)CC1. The fraction of sp³-hybridized carbons (Fsp3) is 0.333. The highest BCUT2D eigenvalue weighted by atomic mass is 35.5. The van der Waals surface area contributed by atoms with Gasteiger partial charge < -0.3 is 4.90 Å². The highest BCUT2D eigenvalue weighted by Crippen LogP contribution is 2.22. The third-order valence-corrected chi connectivity index (χ3v) is 3.98. The molecule has 2 aromatic rings. The van der Waals surface area contributed by atoms with Gasteiger partial charge in [0.05, 0.1) is 0 Å². The van der Waals surface area contributed by atoms with Gasteiger partial charge in [0.2, 0.25) is 0 Å². The van der Waals surface area contributed by atoms with Crippen LogP contribution in [-0.2, 0) is 0 Å². The van der Waals surface area contributed by atoms with Crippen molar-refractivity contribution in [1.82, 2.24) is 20.3 Å². The van der Waals surface area contributed by atoms with E-state index in [-0.39, 0.29) is 5.91 Å². The number of nitrogens with one attached hydrogen (secondary N) is 1. The highest BCUT2D eigenvalue weighted by Gasteiger charge is 2.18. The number of rotatable bonds is 2. The second kappa shape index (κ2) is 5.97. The number of piperazine rings is 1. The maximum atomic E-state index is 12.3. The molecule has 0 aliphatic carbocycles. The Bertz CT molecular complexity index is 668. The minimum atomic E-state index is -0.216. The zero-order valence-electron chi connectivity index (χ0n) is 11.8. The van der Waals surface area contributed by atoms with Crippen molar-refractivity contribution in [3.63, 3.8) is 0 Å². The van der Waals surface area contributed by atoms with Gasteiger partial charge in [0.1, 0.15) is 10.8 Å². The lowest BCUT2D eigenvalue weighted by Crippen LogP contribution is -2.52. The van der Waals surface area contributed by atoms with Crippen molar-refractivity contribution in [3.05, 3.63) is 41.2 Å². The lowest BCUT2D eigenvalue weighted by atomic mass is 10.1. The van der Waals surface area contributed by atoms with E-state index in [1.54, 1.807) is 6.07 Å². The first kappa shape index (κ1) is 14.3. The first-order valence-electron chi connectivity index (χ1n) is 6.93. The number of fused-ring (bicyclic) bond motifs is 1. The maximum Gasteiger partial charge on any atom is 0.284 e. The average Bonchev–Trinajstić information content (AvgIpc) is 2.49. The number of hydrogen-bond acceptors (Lipinski definition) is 4. The van der Waals surface area contributed by atoms with Crippen LogP contribution in [0, 0.1) is 0 Å². The fourth-order valence-electron chi connectivity index (χ4n) is 2.39. The summed E-state index contributed by atoms with van der Waals surface area (Å²) in [6.45, 7) is 3.49. The van der Waals surface area contributed by atoms with Crippen molar-refractivity contribution in [2.24, 2.45) is 0 Å². The van der Waals surface area contributed by atoms with E-state index in [2.05, 4.69) is 22.4 Å². The molecule has 0 spiro atoms. The number of carbonyl (C=O) groups excluding carboxylic acids is 1. The second-order valence-corrected chi connectivity index (χ2v) is 5.61. The molecule has 5 nitrogen and oxygen atoms in total. The van der Waals surface area contributed by atoms with E-state index in [4.69, 9.17) is 11.6 Å². The number of aromatic nitrogens is 1. The Balaban J connectivity index is 1.78. The van der Waals surface area contributed by atoms with Crippen LogP contribution in [0.5, 0.6) is 0 Å². The van der Waals surface area contributed by atoms with Crippen LogP contribution in [0.3, 0.4) is 0 Å². The molecule has 0 atom stereocenters. The lowest BCUT2D eigenvalue weighted by Gasteiger charge is -2.32. The Morgan fingerprint density at radius 1 is 1.24 bits per heavy atom. The summed E-state index contributed by atoms with van der Waals surface area (Å²) >= 11 is 6.16. The molecule has 0 saturated carbocycles. The summed E-state index contributed by atoms with van der Waals surface area (Å²) in [5, 5.41) is 4.06. The van der Waals surface area contributed by atoms with Crippen molar-refractivity contribution >= 4 is 28.3 Å². The largest absolute Gasteiger partial charge is 0.304 e. The summed E-state index contributed by atoms with van der Waals surface area (Å²) in [5.74, 6) is -0.216. The molecule has 2 heterocycles. The van der Waals surface area contributed by atoms with Gasteiger partial charge in [0.15, 0.2) is 0 Å². The van der Waals surface area contributed by atoms with E-state index in [9.17, 15) is 4.79 Å². The Morgan fingerprint density at radius 2 is 1.95 bits per heavy atom. The molecule has 0 bridgehead atoms. The molecule has 110 valence electrons. The second-order valence-electron chi connectivity index (χ2n) is 5.25. The molecule has 0 radical (unpaired) electrons. The Kier molecular flexibility index (Phi) is 4.05. The number of likely N-dealkylation sites (N-methyl/N-ethyl adjacent to an activating group) is 1. The summed E-state index contributed by atoms with van der Waals surface area (Å²) < 4.78 is 0. The zero-order valence-corrected chi connectivity index (χ0v) is 12.6. The van der Waals surface area contributed by atoms with Gasteiger partial charge >= 0.3 is 0 Å². The summed E-state index contributed by atoms with van der Waals surface area (Å²) in [6.07, 6.45) is 0. The molecule has 1 amide bonds. The summed E-state index contributed by atoms with van der Waals surface area (Å²) in [4.78, 5) is 18.7. The number of hydrogen-bond donors (Lipinski definition) is 1. The van der Waals surface area contributed by atoms with Crippen LogP contribution >= 0.6 is 11.6 Å². The molecule has 1 aromatic carbocycles. The first-order chi connectivity index (χ1) is 10.1. The van der Waals surface area contributed by atoms with Crippen LogP contribution < -0.4 is 5.43 Å². The number of hydrazine groups is 1. The van der Waals surface area contributed by atoms with Crippen molar-refractivity contribution in [2.75, 3.05) is 33.2 Å². The number of amides is 1. The van der Waals surface area contributed by atoms with Gasteiger partial charge in [0.25, 0.3) is 5.91 Å². The zero-order chi connectivity index (χ0) is 14.8. The Labute approximate surface area is 128 Å². The van der Waals surface area contributed by atoms with Crippen molar-refractivity contribution in [3.8, 4) is 0 Å². The van der Waals surface area contributed by atoms with Crippen LogP contribution in [0.15, 0.2) is 30.3 Å². The van der Waals surface area contributed by atoms with E-state index < -0.39 is 0 Å². The summed E-state index contributed by atoms with van der Waals surface area (Å²) in [6, 6.07) is 9.41. The normalized spacial score (nSPS) is 17.0. The van der Waals surface area contributed by atoms with Crippen molar-refractivity contribution in [2.45, 2.75) is 0 Å². The third-order valence-electron chi connectivity index (χ3n) is 3.69. The standard InChI is InChI=1S/C15H17ClN4O/c1-19-6-8-20(9-7-19)18-15(21)13-10-11-4-2-3-5-12(11)14(16)17-13/h2-5,10H,6-9H2,1H3,(H,18,21). The van der Waals surface area contributed by atoms with E-state index >= 15 is 0 Å².